The predicted octanol–water partition coefficient (Wildman–Crippen LogP) is 3.51. The van der Waals surface area contributed by atoms with Crippen LogP contribution in [0.5, 0.6) is 0 Å². The van der Waals surface area contributed by atoms with Crippen molar-refractivity contribution in [2.45, 2.75) is 13.0 Å². The smallest absolute Gasteiger partial charge is 0.186 e. The molecular formula is C14H13BrClFN2O2. The molecular weight excluding hydrogens is 363 g/mol. The molecule has 0 amide bonds. The van der Waals surface area contributed by atoms with Gasteiger partial charge in [-0.2, -0.15) is 5.10 Å². The number of carbonyl (C=O) groups is 1. The number of aromatic nitrogens is 2. The Morgan fingerprint density at radius 1 is 1.52 bits per heavy atom. The Morgan fingerprint density at radius 3 is 2.95 bits per heavy atom. The molecule has 2 rings (SSSR count). The first kappa shape index (κ1) is 16.1. The van der Waals surface area contributed by atoms with E-state index >= 15 is 0 Å². The quantitative estimate of drug-likeness (QED) is 0.726. The number of nitrogens with zero attached hydrogens (tertiary/aromatic N) is 2. The van der Waals surface area contributed by atoms with Crippen LogP contribution in [-0.4, -0.2) is 29.3 Å². The van der Waals surface area contributed by atoms with Crippen LogP contribution in [0.25, 0.3) is 0 Å². The Kier molecular flexibility index (Phi) is 5.50. The topological polar surface area (TPSA) is 44.1 Å². The van der Waals surface area contributed by atoms with Crippen LogP contribution in [0.2, 0.25) is 5.02 Å². The second-order valence-corrected chi connectivity index (χ2v) is 5.65. The van der Waals surface area contributed by atoms with Gasteiger partial charge in [0.25, 0.3) is 0 Å². The first-order valence-electron chi connectivity index (χ1n) is 6.20. The minimum atomic E-state index is -0.428. The summed E-state index contributed by atoms with van der Waals surface area (Å²) in [6.07, 6.45) is 1.64. The maximum absolute atomic E-state index is 13.0. The zero-order valence-electron chi connectivity index (χ0n) is 11.3. The molecule has 1 aromatic heterocycles. The third-order valence-corrected chi connectivity index (χ3v) is 3.86. The molecule has 0 saturated carbocycles. The van der Waals surface area contributed by atoms with Crippen molar-refractivity contribution >= 4 is 33.3 Å². The fourth-order valence-electron chi connectivity index (χ4n) is 1.91. The summed E-state index contributed by atoms with van der Waals surface area (Å²) < 4.78 is 20.2. The molecule has 0 unspecified atom stereocenters. The Bertz CT molecular complexity index is 660. The first-order chi connectivity index (χ1) is 10.0. The van der Waals surface area contributed by atoms with E-state index in [9.17, 15) is 9.18 Å². The summed E-state index contributed by atoms with van der Waals surface area (Å²) in [5.74, 6) is -0.577. The lowest BCUT2D eigenvalue weighted by atomic mass is 10.1. The number of methoxy groups -OCH3 is 1. The molecule has 21 heavy (non-hydrogen) atoms. The van der Waals surface area contributed by atoms with Gasteiger partial charge in [0.05, 0.1) is 23.8 Å². The zero-order valence-corrected chi connectivity index (χ0v) is 13.6. The van der Waals surface area contributed by atoms with Crippen LogP contribution in [0.15, 0.2) is 28.9 Å². The van der Waals surface area contributed by atoms with Gasteiger partial charge >= 0.3 is 0 Å². The lowest BCUT2D eigenvalue weighted by Gasteiger charge is -2.08. The summed E-state index contributed by atoms with van der Waals surface area (Å²) in [4.78, 5) is 12.4. The van der Waals surface area contributed by atoms with Gasteiger partial charge in [-0.25, -0.2) is 4.39 Å². The van der Waals surface area contributed by atoms with Gasteiger partial charge in [-0.1, -0.05) is 17.7 Å². The molecule has 1 heterocycles. The van der Waals surface area contributed by atoms with Crippen LogP contribution in [-0.2, 0) is 17.7 Å². The van der Waals surface area contributed by atoms with E-state index in [0.29, 0.717) is 28.9 Å². The Balaban J connectivity index is 2.22. The number of carbonyl (C=O) groups excluding carboxylic acids is 1. The standard InChI is InChI=1S/C14H13BrClFN2O2/c1-21-5-4-19-14(11(15)8-18-19)13(20)6-9-2-3-10(17)7-12(9)16/h2-3,7-8H,4-6H2,1H3. The van der Waals surface area contributed by atoms with E-state index in [0.717, 1.165) is 0 Å². The normalized spacial score (nSPS) is 10.9. The summed E-state index contributed by atoms with van der Waals surface area (Å²) in [5.41, 5.74) is 1.03. The van der Waals surface area contributed by atoms with Crippen LogP contribution >= 0.6 is 27.5 Å². The van der Waals surface area contributed by atoms with Crippen molar-refractivity contribution in [2.75, 3.05) is 13.7 Å². The van der Waals surface area contributed by atoms with Gasteiger partial charge in [-0.15, -0.1) is 0 Å². The fraction of sp³-hybridized carbons (Fsp3) is 0.286. The van der Waals surface area contributed by atoms with E-state index in [1.54, 1.807) is 18.0 Å². The molecule has 0 aliphatic carbocycles. The average Bonchev–Trinajstić information content (AvgIpc) is 2.80. The van der Waals surface area contributed by atoms with Crippen LogP contribution < -0.4 is 0 Å². The highest BCUT2D eigenvalue weighted by Crippen LogP contribution is 2.22. The molecule has 0 spiro atoms. The second kappa shape index (κ2) is 7.15. The van der Waals surface area contributed by atoms with E-state index < -0.39 is 5.82 Å². The maximum atomic E-state index is 13.0. The Morgan fingerprint density at radius 2 is 2.29 bits per heavy atom. The predicted molar refractivity (Wildman–Crippen MR) is 81.2 cm³/mol. The molecule has 0 bridgehead atoms. The van der Waals surface area contributed by atoms with Crippen molar-refractivity contribution < 1.29 is 13.9 Å². The highest BCUT2D eigenvalue weighted by molar-refractivity contribution is 9.10. The van der Waals surface area contributed by atoms with Crippen molar-refractivity contribution in [1.29, 1.82) is 0 Å². The number of rotatable bonds is 6. The number of halogens is 3. The molecule has 0 radical (unpaired) electrons. The maximum Gasteiger partial charge on any atom is 0.186 e. The first-order valence-corrected chi connectivity index (χ1v) is 7.37. The van der Waals surface area contributed by atoms with Gasteiger partial charge < -0.3 is 4.74 Å². The van der Waals surface area contributed by atoms with Gasteiger partial charge in [0, 0.05) is 18.6 Å². The van der Waals surface area contributed by atoms with Crippen LogP contribution in [0.4, 0.5) is 4.39 Å². The van der Waals surface area contributed by atoms with Gasteiger partial charge in [0.15, 0.2) is 5.78 Å². The second-order valence-electron chi connectivity index (χ2n) is 4.39. The number of ether oxygens (including phenoxy) is 1. The van der Waals surface area contributed by atoms with Crippen molar-refractivity contribution in [2.24, 2.45) is 0 Å². The van der Waals surface area contributed by atoms with Crippen molar-refractivity contribution in [1.82, 2.24) is 9.78 Å². The van der Waals surface area contributed by atoms with E-state index in [4.69, 9.17) is 16.3 Å². The monoisotopic (exact) mass is 374 g/mol. The van der Waals surface area contributed by atoms with Crippen LogP contribution in [0.3, 0.4) is 0 Å². The summed E-state index contributed by atoms with van der Waals surface area (Å²) in [5, 5.41) is 4.37. The van der Waals surface area contributed by atoms with Crippen molar-refractivity contribution in [3.05, 3.63) is 51.0 Å². The third kappa shape index (κ3) is 3.90. The van der Waals surface area contributed by atoms with Gasteiger partial charge in [0.1, 0.15) is 11.5 Å². The summed E-state index contributed by atoms with van der Waals surface area (Å²) in [7, 11) is 1.58. The molecule has 0 atom stereocenters. The molecule has 0 N–H and O–H groups in total. The lowest BCUT2D eigenvalue weighted by molar-refractivity contribution is 0.0978. The average molecular weight is 376 g/mol. The number of ketones is 1. The molecule has 0 aliphatic heterocycles. The molecule has 7 heteroatoms. The van der Waals surface area contributed by atoms with E-state index in [1.807, 2.05) is 0 Å². The molecule has 0 saturated heterocycles. The van der Waals surface area contributed by atoms with Crippen LogP contribution in [0.1, 0.15) is 16.1 Å². The van der Waals surface area contributed by atoms with E-state index in [2.05, 4.69) is 21.0 Å². The fourth-order valence-corrected chi connectivity index (χ4v) is 2.66. The molecule has 1 aromatic carbocycles. The minimum absolute atomic E-state index is 0.0798. The highest BCUT2D eigenvalue weighted by Gasteiger charge is 2.18. The lowest BCUT2D eigenvalue weighted by Crippen LogP contribution is -2.15. The number of hydrogen-bond acceptors (Lipinski definition) is 3. The highest BCUT2D eigenvalue weighted by atomic mass is 79.9. The Hall–Kier alpha value is -1.24. The summed E-state index contributed by atoms with van der Waals surface area (Å²) in [6.45, 7) is 0.923. The summed E-state index contributed by atoms with van der Waals surface area (Å²) >= 11 is 9.27. The van der Waals surface area contributed by atoms with E-state index in [-0.39, 0.29) is 17.2 Å². The van der Waals surface area contributed by atoms with Gasteiger partial charge in [0.2, 0.25) is 0 Å². The molecule has 0 aliphatic rings. The Labute approximate surface area is 135 Å². The van der Waals surface area contributed by atoms with Crippen LogP contribution in [0, 0.1) is 5.82 Å². The number of hydrogen-bond donors (Lipinski definition) is 0. The zero-order chi connectivity index (χ0) is 15.4. The van der Waals surface area contributed by atoms with Gasteiger partial charge in [-0.05, 0) is 33.6 Å². The van der Waals surface area contributed by atoms with Crippen molar-refractivity contribution in [3.8, 4) is 0 Å². The van der Waals surface area contributed by atoms with Crippen molar-refractivity contribution in [3.63, 3.8) is 0 Å². The number of Topliss-reactive ketones (excluding diaryl/α,β-unsaturated/α-hetero) is 1. The minimum Gasteiger partial charge on any atom is -0.383 e. The molecule has 112 valence electrons. The third-order valence-electron chi connectivity index (χ3n) is 2.93. The van der Waals surface area contributed by atoms with E-state index in [1.165, 1.54) is 18.2 Å². The summed E-state index contributed by atoms with van der Waals surface area (Å²) in [6, 6.07) is 3.99. The molecule has 0 fully saturated rings. The molecule has 4 nitrogen and oxygen atoms in total. The molecule has 2 aromatic rings. The SMILES string of the molecule is COCCn1ncc(Br)c1C(=O)Cc1ccc(F)cc1Cl. The van der Waals surface area contributed by atoms with Gasteiger partial charge in [-0.3, -0.25) is 9.48 Å². The number of benzene rings is 1. The largest absolute Gasteiger partial charge is 0.383 e.